The van der Waals surface area contributed by atoms with E-state index in [0.29, 0.717) is 6.54 Å². The summed E-state index contributed by atoms with van der Waals surface area (Å²) < 4.78 is 31.7. The van der Waals surface area contributed by atoms with Gasteiger partial charge in [0.1, 0.15) is 0 Å². The first-order valence-electron chi connectivity index (χ1n) is 8.55. The van der Waals surface area contributed by atoms with Crippen LogP contribution in [0.3, 0.4) is 0 Å². The number of anilines is 1. The molecule has 3 N–H and O–H groups in total. The fourth-order valence-electron chi connectivity index (χ4n) is 2.95. The van der Waals surface area contributed by atoms with Crippen LogP contribution in [0.2, 0.25) is 0 Å². The number of carbonyl (C=O) groups is 2. The molecule has 10 heteroatoms. The Labute approximate surface area is 163 Å². The lowest BCUT2D eigenvalue weighted by Crippen LogP contribution is -2.40. The van der Waals surface area contributed by atoms with Crippen molar-refractivity contribution < 1.29 is 27.9 Å². The molecule has 3 aromatic rings. The van der Waals surface area contributed by atoms with E-state index in [-0.39, 0.29) is 12.1 Å². The van der Waals surface area contributed by atoms with Crippen LogP contribution in [0.4, 0.5) is 23.7 Å². The molecule has 0 bridgehead atoms. The Morgan fingerprint density at radius 1 is 1.24 bits per heavy atom. The number of hydrogen-bond donors (Lipinski definition) is 3. The minimum atomic E-state index is -5.08. The SMILES string of the molecule is CC(c1ccccc1)N1Cc2cc3cn[nH]c3cc2NC1=O.O=C(O)C(F)(F)F. The number of aliphatic carboxylic acids is 1. The third kappa shape index (κ3) is 4.48. The maximum atomic E-state index is 12.4. The number of carbonyl (C=O) groups excluding carboxylic acids is 1. The summed E-state index contributed by atoms with van der Waals surface area (Å²) in [5.41, 5.74) is 4.03. The van der Waals surface area contributed by atoms with Gasteiger partial charge in [0, 0.05) is 11.1 Å². The Kier molecular flexibility index (Phi) is 5.44. The van der Waals surface area contributed by atoms with Crippen LogP contribution in [0.5, 0.6) is 0 Å². The molecule has 29 heavy (non-hydrogen) atoms. The number of hydrogen-bond acceptors (Lipinski definition) is 3. The third-order valence-corrected chi connectivity index (χ3v) is 4.50. The number of aromatic amines is 1. The van der Waals surface area contributed by atoms with Crippen molar-refractivity contribution in [3.05, 3.63) is 59.8 Å². The van der Waals surface area contributed by atoms with Crippen molar-refractivity contribution in [2.24, 2.45) is 0 Å². The molecule has 2 amide bonds. The Morgan fingerprint density at radius 2 is 1.90 bits per heavy atom. The number of fused-ring (bicyclic) bond motifs is 2. The van der Waals surface area contributed by atoms with Crippen molar-refractivity contribution in [3.8, 4) is 0 Å². The van der Waals surface area contributed by atoms with Gasteiger partial charge in [0.2, 0.25) is 0 Å². The van der Waals surface area contributed by atoms with Gasteiger partial charge in [-0.25, -0.2) is 9.59 Å². The number of carboxylic acid groups (broad SMARTS) is 1. The molecule has 0 aliphatic carbocycles. The number of aromatic nitrogens is 2. The molecule has 0 spiro atoms. The average molecular weight is 406 g/mol. The van der Waals surface area contributed by atoms with Gasteiger partial charge in [0.15, 0.2) is 0 Å². The van der Waals surface area contributed by atoms with Crippen LogP contribution in [0.1, 0.15) is 24.1 Å². The molecule has 1 aliphatic heterocycles. The lowest BCUT2D eigenvalue weighted by molar-refractivity contribution is -0.192. The summed E-state index contributed by atoms with van der Waals surface area (Å²) in [5, 5.41) is 18.1. The summed E-state index contributed by atoms with van der Waals surface area (Å²) in [6, 6.07) is 14.1. The van der Waals surface area contributed by atoms with Gasteiger partial charge in [-0.3, -0.25) is 5.10 Å². The Morgan fingerprint density at radius 3 is 2.52 bits per heavy atom. The number of alkyl halides is 3. The number of rotatable bonds is 2. The fourth-order valence-corrected chi connectivity index (χ4v) is 2.95. The Balaban J connectivity index is 0.000000298. The largest absolute Gasteiger partial charge is 0.490 e. The summed E-state index contributed by atoms with van der Waals surface area (Å²) in [4.78, 5) is 23.2. The monoisotopic (exact) mass is 406 g/mol. The molecule has 7 nitrogen and oxygen atoms in total. The van der Waals surface area contributed by atoms with E-state index in [0.717, 1.165) is 27.7 Å². The van der Waals surface area contributed by atoms with Crippen molar-refractivity contribution in [2.75, 3.05) is 5.32 Å². The zero-order chi connectivity index (χ0) is 21.2. The van der Waals surface area contributed by atoms with Gasteiger partial charge < -0.3 is 15.3 Å². The van der Waals surface area contributed by atoms with Gasteiger partial charge >= 0.3 is 18.2 Å². The van der Waals surface area contributed by atoms with Crippen LogP contribution in [0, 0.1) is 0 Å². The number of nitrogens with zero attached hydrogens (tertiary/aromatic N) is 2. The second-order valence-electron chi connectivity index (χ2n) is 6.41. The summed E-state index contributed by atoms with van der Waals surface area (Å²) in [6.07, 6.45) is -3.28. The van der Waals surface area contributed by atoms with E-state index in [2.05, 4.69) is 28.5 Å². The van der Waals surface area contributed by atoms with E-state index in [4.69, 9.17) is 9.90 Å². The first-order chi connectivity index (χ1) is 13.7. The fraction of sp³-hybridized carbons (Fsp3) is 0.211. The van der Waals surface area contributed by atoms with Crippen molar-refractivity contribution >= 4 is 28.6 Å². The predicted octanol–water partition coefficient (Wildman–Crippen LogP) is 4.30. The number of halogens is 3. The van der Waals surface area contributed by atoms with Crippen LogP contribution in [0.25, 0.3) is 10.9 Å². The molecule has 1 unspecified atom stereocenters. The topological polar surface area (TPSA) is 98.3 Å². The summed E-state index contributed by atoms with van der Waals surface area (Å²) in [6.45, 7) is 2.65. The van der Waals surface area contributed by atoms with Crippen molar-refractivity contribution in [3.63, 3.8) is 0 Å². The van der Waals surface area contributed by atoms with Crippen molar-refractivity contribution in [1.82, 2.24) is 15.1 Å². The van der Waals surface area contributed by atoms with Crippen LogP contribution < -0.4 is 5.32 Å². The van der Waals surface area contributed by atoms with E-state index >= 15 is 0 Å². The van der Waals surface area contributed by atoms with Gasteiger partial charge in [-0.2, -0.15) is 18.3 Å². The molecule has 0 saturated carbocycles. The van der Waals surface area contributed by atoms with Crippen LogP contribution in [0.15, 0.2) is 48.7 Å². The minimum Gasteiger partial charge on any atom is -0.475 e. The molecule has 1 aromatic heterocycles. The second kappa shape index (κ2) is 7.82. The highest BCUT2D eigenvalue weighted by atomic mass is 19.4. The van der Waals surface area contributed by atoms with E-state index in [9.17, 15) is 18.0 Å². The number of benzene rings is 2. The lowest BCUT2D eigenvalue weighted by atomic mass is 10.0. The summed E-state index contributed by atoms with van der Waals surface area (Å²) in [7, 11) is 0. The molecule has 152 valence electrons. The van der Waals surface area contributed by atoms with Gasteiger partial charge in [0.25, 0.3) is 0 Å². The maximum absolute atomic E-state index is 12.4. The number of nitrogens with one attached hydrogen (secondary N) is 2. The number of carboxylic acids is 1. The first kappa shape index (κ1) is 20.2. The standard InChI is InChI=1S/C17H16N4O.C2HF3O2/c1-11(12-5-3-2-4-6-12)21-10-14-7-13-9-18-20-16(13)8-15(14)19-17(21)22;3-2(4,5)1(6)7/h2-9,11H,10H2,1H3,(H,18,20)(H,19,22);(H,6,7). The predicted molar refractivity (Wildman–Crippen MR) is 99.2 cm³/mol. The normalized spacial score (nSPS) is 14.5. The smallest absolute Gasteiger partial charge is 0.475 e. The highest BCUT2D eigenvalue weighted by Crippen LogP contribution is 2.32. The second-order valence-corrected chi connectivity index (χ2v) is 6.41. The number of H-pyrrole nitrogens is 1. The zero-order valence-electron chi connectivity index (χ0n) is 15.2. The number of urea groups is 1. The molecule has 0 saturated heterocycles. The van der Waals surface area contributed by atoms with Gasteiger partial charge in [0.05, 0.1) is 24.3 Å². The van der Waals surface area contributed by atoms with E-state index in [1.165, 1.54) is 0 Å². The Hall–Kier alpha value is -3.56. The van der Waals surface area contributed by atoms with Gasteiger partial charge in [-0.1, -0.05) is 30.3 Å². The molecule has 1 atom stereocenters. The summed E-state index contributed by atoms with van der Waals surface area (Å²) in [5.74, 6) is -2.76. The highest BCUT2D eigenvalue weighted by molar-refractivity contribution is 5.96. The molecule has 4 rings (SSSR count). The quantitative estimate of drug-likeness (QED) is 0.591. The molecular formula is C19H17F3N4O3. The number of amides is 2. The molecular weight excluding hydrogens is 389 g/mol. The minimum absolute atomic E-state index is 0.0226. The van der Waals surface area contributed by atoms with Gasteiger partial charge in [-0.15, -0.1) is 0 Å². The average Bonchev–Trinajstić information content (AvgIpc) is 3.13. The van der Waals surface area contributed by atoms with E-state index in [1.54, 1.807) is 6.20 Å². The van der Waals surface area contributed by atoms with E-state index < -0.39 is 12.1 Å². The zero-order valence-corrected chi connectivity index (χ0v) is 15.2. The summed E-state index contributed by atoms with van der Waals surface area (Å²) >= 11 is 0. The Bertz CT molecular complexity index is 1030. The van der Waals surface area contributed by atoms with Crippen molar-refractivity contribution in [1.29, 1.82) is 0 Å². The van der Waals surface area contributed by atoms with Crippen LogP contribution in [-0.2, 0) is 11.3 Å². The van der Waals surface area contributed by atoms with Gasteiger partial charge in [-0.05, 0) is 30.2 Å². The third-order valence-electron chi connectivity index (χ3n) is 4.50. The molecule has 0 radical (unpaired) electrons. The first-order valence-corrected chi connectivity index (χ1v) is 8.55. The van der Waals surface area contributed by atoms with Crippen LogP contribution in [-0.4, -0.2) is 38.4 Å². The molecule has 1 aliphatic rings. The lowest BCUT2D eigenvalue weighted by Gasteiger charge is -2.34. The maximum Gasteiger partial charge on any atom is 0.490 e. The van der Waals surface area contributed by atoms with Crippen LogP contribution >= 0.6 is 0 Å². The molecule has 2 heterocycles. The molecule has 0 fully saturated rings. The van der Waals surface area contributed by atoms with E-state index in [1.807, 2.05) is 41.3 Å². The highest BCUT2D eigenvalue weighted by Gasteiger charge is 2.38. The molecule has 2 aromatic carbocycles. The van der Waals surface area contributed by atoms with Crippen molar-refractivity contribution in [2.45, 2.75) is 25.7 Å².